The number of nitrogen functional groups attached to an aromatic ring is 1. The van der Waals surface area contributed by atoms with Crippen molar-refractivity contribution in [1.29, 1.82) is 0 Å². The SMILES string of the molecule is CCCCc1c(-c2ccccc2)c(Cl)cc2c1c(N)nn2CCCC. The van der Waals surface area contributed by atoms with E-state index in [0.717, 1.165) is 65.7 Å². The Morgan fingerprint density at radius 2 is 1.80 bits per heavy atom. The molecule has 3 rings (SSSR count). The molecule has 1 aromatic heterocycles. The van der Waals surface area contributed by atoms with Crippen LogP contribution < -0.4 is 5.73 Å². The molecule has 0 atom stereocenters. The van der Waals surface area contributed by atoms with Crippen molar-refractivity contribution in [3.05, 3.63) is 47.0 Å². The molecule has 25 heavy (non-hydrogen) atoms. The highest BCUT2D eigenvalue weighted by Gasteiger charge is 2.19. The second-order valence-corrected chi connectivity index (χ2v) is 6.94. The minimum absolute atomic E-state index is 0.617. The minimum Gasteiger partial charge on any atom is -0.382 e. The standard InChI is InChI=1S/C21H26ClN3/c1-3-5-12-16-19(15-10-8-7-9-11-15)17(22)14-18-20(16)21(23)24-25(18)13-6-4-2/h7-11,14H,3-6,12-13H2,1-2H3,(H2,23,24). The zero-order valence-corrected chi connectivity index (χ0v) is 15.8. The second-order valence-electron chi connectivity index (χ2n) is 6.54. The van der Waals surface area contributed by atoms with Crippen molar-refractivity contribution in [1.82, 2.24) is 9.78 Å². The summed E-state index contributed by atoms with van der Waals surface area (Å²) in [6, 6.07) is 12.4. The summed E-state index contributed by atoms with van der Waals surface area (Å²) in [5, 5.41) is 6.46. The molecule has 0 aliphatic carbocycles. The molecule has 4 heteroatoms. The highest BCUT2D eigenvalue weighted by molar-refractivity contribution is 6.34. The normalized spacial score (nSPS) is 11.3. The summed E-state index contributed by atoms with van der Waals surface area (Å²) in [6.45, 7) is 5.26. The van der Waals surface area contributed by atoms with Crippen molar-refractivity contribution in [2.75, 3.05) is 5.73 Å². The average molecular weight is 356 g/mol. The van der Waals surface area contributed by atoms with Crippen LogP contribution in [0, 0.1) is 0 Å². The second kappa shape index (κ2) is 7.92. The highest BCUT2D eigenvalue weighted by Crippen LogP contribution is 2.39. The Morgan fingerprint density at radius 3 is 2.48 bits per heavy atom. The van der Waals surface area contributed by atoms with E-state index >= 15 is 0 Å². The van der Waals surface area contributed by atoms with Gasteiger partial charge >= 0.3 is 0 Å². The van der Waals surface area contributed by atoms with E-state index in [1.807, 2.05) is 28.9 Å². The number of nitrogens with two attached hydrogens (primary N) is 1. The van der Waals surface area contributed by atoms with Gasteiger partial charge in [-0.2, -0.15) is 5.10 Å². The Labute approximate surface area is 154 Å². The molecule has 0 spiro atoms. The first kappa shape index (κ1) is 17.8. The molecule has 0 bridgehead atoms. The van der Waals surface area contributed by atoms with E-state index in [9.17, 15) is 0 Å². The Morgan fingerprint density at radius 1 is 1.08 bits per heavy atom. The highest BCUT2D eigenvalue weighted by atomic mass is 35.5. The van der Waals surface area contributed by atoms with Crippen LogP contribution in [-0.2, 0) is 13.0 Å². The molecule has 0 amide bonds. The number of aryl methyl sites for hydroxylation is 2. The van der Waals surface area contributed by atoms with E-state index in [0.29, 0.717) is 5.82 Å². The van der Waals surface area contributed by atoms with E-state index in [1.165, 1.54) is 5.56 Å². The van der Waals surface area contributed by atoms with Crippen LogP contribution in [0.2, 0.25) is 5.02 Å². The summed E-state index contributed by atoms with van der Waals surface area (Å²) in [5.41, 5.74) is 10.9. The van der Waals surface area contributed by atoms with Crippen molar-refractivity contribution in [3.8, 4) is 11.1 Å². The molecule has 132 valence electrons. The molecule has 0 aliphatic rings. The average Bonchev–Trinajstić information content (AvgIpc) is 2.93. The fourth-order valence-corrected chi connectivity index (χ4v) is 3.74. The van der Waals surface area contributed by atoms with Crippen LogP contribution >= 0.6 is 11.6 Å². The van der Waals surface area contributed by atoms with Gasteiger partial charge in [-0.3, -0.25) is 4.68 Å². The molecule has 0 saturated heterocycles. The number of aromatic nitrogens is 2. The third kappa shape index (κ3) is 3.52. The predicted molar refractivity (Wildman–Crippen MR) is 108 cm³/mol. The van der Waals surface area contributed by atoms with E-state index in [2.05, 4.69) is 31.1 Å². The van der Waals surface area contributed by atoms with Gasteiger partial charge in [-0.05, 0) is 36.5 Å². The summed E-state index contributed by atoms with van der Waals surface area (Å²) in [5.74, 6) is 0.617. The number of benzene rings is 2. The molecule has 1 heterocycles. The van der Waals surface area contributed by atoms with E-state index in [4.69, 9.17) is 17.3 Å². The van der Waals surface area contributed by atoms with Crippen LogP contribution in [0.15, 0.2) is 36.4 Å². The number of nitrogens with zero attached hydrogens (tertiary/aromatic N) is 2. The lowest BCUT2D eigenvalue weighted by molar-refractivity contribution is 0.590. The lowest BCUT2D eigenvalue weighted by Gasteiger charge is -2.14. The minimum atomic E-state index is 0.617. The van der Waals surface area contributed by atoms with Gasteiger partial charge in [0, 0.05) is 17.5 Å². The van der Waals surface area contributed by atoms with Gasteiger partial charge in [0.25, 0.3) is 0 Å². The number of rotatable bonds is 7. The summed E-state index contributed by atoms with van der Waals surface area (Å²) >= 11 is 6.76. The summed E-state index contributed by atoms with van der Waals surface area (Å²) in [7, 11) is 0. The Kier molecular flexibility index (Phi) is 5.64. The maximum atomic E-state index is 6.76. The molecular weight excluding hydrogens is 330 g/mol. The van der Waals surface area contributed by atoms with Gasteiger partial charge in [0.05, 0.1) is 10.5 Å². The number of hydrogen-bond donors (Lipinski definition) is 1. The topological polar surface area (TPSA) is 43.8 Å². The van der Waals surface area contributed by atoms with Gasteiger partial charge < -0.3 is 5.73 Å². The molecule has 0 radical (unpaired) electrons. The Balaban J connectivity index is 2.25. The maximum absolute atomic E-state index is 6.76. The van der Waals surface area contributed by atoms with Gasteiger partial charge in [-0.1, -0.05) is 68.6 Å². The fraction of sp³-hybridized carbons (Fsp3) is 0.381. The van der Waals surface area contributed by atoms with Crippen LogP contribution in [0.4, 0.5) is 5.82 Å². The number of fused-ring (bicyclic) bond motifs is 1. The smallest absolute Gasteiger partial charge is 0.153 e. The van der Waals surface area contributed by atoms with Crippen LogP contribution in [0.25, 0.3) is 22.0 Å². The molecule has 0 aliphatic heterocycles. The molecule has 3 aromatic rings. The molecule has 2 aromatic carbocycles. The summed E-state index contributed by atoms with van der Waals surface area (Å²) < 4.78 is 2.02. The first-order valence-electron chi connectivity index (χ1n) is 9.20. The molecule has 0 fully saturated rings. The van der Waals surface area contributed by atoms with Gasteiger partial charge in [0.15, 0.2) is 5.82 Å². The monoisotopic (exact) mass is 355 g/mol. The van der Waals surface area contributed by atoms with E-state index < -0.39 is 0 Å². The van der Waals surface area contributed by atoms with Crippen molar-refractivity contribution in [2.45, 2.75) is 52.5 Å². The Hall–Kier alpha value is -2.00. The number of halogens is 1. The first-order chi connectivity index (χ1) is 12.2. The van der Waals surface area contributed by atoms with Crippen molar-refractivity contribution in [3.63, 3.8) is 0 Å². The number of anilines is 1. The number of unbranched alkanes of at least 4 members (excludes halogenated alkanes) is 2. The van der Waals surface area contributed by atoms with E-state index in [-0.39, 0.29) is 0 Å². The fourth-order valence-electron chi connectivity index (χ4n) is 3.41. The van der Waals surface area contributed by atoms with Gasteiger partial charge in [0.2, 0.25) is 0 Å². The van der Waals surface area contributed by atoms with Crippen molar-refractivity contribution < 1.29 is 0 Å². The predicted octanol–water partition coefficient (Wildman–Crippen LogP) is 6.08. The molecule has 0 saturated carbocycles. The third-order valence-corrected chi connectivity index (χ3v) is 4.99. The first-order valence-corrected chi connectivity index (χ1v) is 9.57. The molecule has 2 N–H and O–H groups in total. The van der Waals surface area contributed by atoms with Crippen LogP contribution in [0.3, 0.4) is 0 Å². The maximum Gasteiger partial charge on any atom is 0.153 e. The van der Waals surface area contributed by atoms with Crippen molar-refractivity contribution >= 4 is 28.3 Å². The van der Waals surface area contributed by atoms with Crippen LogP contribution in [0.1, 0.15) is 45.1 Å². The Bertz CT molecular complexity index is 853. The zero-order valence-electron chi connectivity index (χ0n) is 15.1. The lowest BCUT2D eigenvalue weighted by Crippen LogP contribution is -2.00. The van der Waals surface area contributed by atoms with E-state index in [1.54, 1.807) is 0 Å². The zero-order chi connectivity index (χ0) is 17.8. The van der Waals surface area contributed by atoms with Gasteiger partial charge in [-0.25, -0.2) is 0 Å². The molecule has 0 unspecified atom stereocenters. The van der Waals surface area contributed by atoms with Gasteiger partial charge in [0.1, 0.15) is 0 Å². The molecule has 3 nitrogen and oxygen atoms in total. The summed E-state index contributed by atoms with van der Waals surface area (Å²) in [6.07, 6.45) is 5.40. The van der Waals surface area contributed by atoms with Gasteiger partial charge in [-0.15, -0.1) is 0 Å². The van der Waals surface area contributed by atoms with Crippen molar-refractivity contribution in [2.24, 2.45) is 0 Å². The van der Waals surface area contributed by atoms with Crippen LogP contribution in [-0.4, -0.2) is 9.78 Å². The largest absolute Gasteiger partial charge is 0.382 e. The summed E-state index contributed by atoms with van der Waals surface area (Å²) in [4.78, 5) is 0. The third-order valence-electron chi connectivity index (χ3n) is 4.69. The number of hydrogen-bond acceptors (Lipinski definition) is 2. The van der Waals surface area contributed by atoms with Crippen LogP contribution in [0.5, 0.6) is 0 Å². The quantitative estimate of drug-likeness (QED) is 0.558. The lowest BCUT2D eigenvalue weighted by atomic mass is 9.93. The molecular formula is C21H26ClN3.